The highest BCUT2D eigenvalue weighted by atomic mass is 32.1. The first-order chi connectivity index (χ1) is 10.3. The Labute approximate surface area is 129 Å². The Bertz CT molecular complexity index is 581. The van der Waals surface area contributed by atoms with E-state index in [2.05, 4.69) is 34.7 Å². The molecule has 1 fully saturated rings. The van der Waals surface area contributed by atoms with Crippen molar-refractivity contribution in [2.45, 2.75) is 19.5 Å². The van der Waals surface area contributed by atoms with Crippen molar-refractivity contribution in [2.24, 2.45) is 0 Å². The molecule has 1 atom stereocenters. The monoisotopic (exact) mass is 303 g/mol. The van der Waals surface area contributed by atoms with Crippen LogP contribution in [0, 0.1) is 0 Å². The molecular weight excluding hydrogens is 282 g/mol. The van der Waals surface area contributed by atoms with Crippen LogP contribution in [-0.4, -0.2) is 42.7 Å². The van der Waals surface area contributed by atoms with E-state index in [-0.39, 0.29) is 0 Å². The highest BCUT2D eigenvalue weighted by molar-refractivity contribution is 7.13. The molecule has 0 amide bonds. The molecule has 1 aromatic carbocycles. The van der Waals surface area contributed by atoms with Crippen LogP contribution >= 0.6 is 11.3 Å². The Balaban J connectivity index is 1.70. The van der Waals surface area contributed by atoms with Gasteiger partial charge in [0.15, 0.2) is 0 Å². The van der Waals surface area contributed by atoms with Gasteiger partial charge in [-0.1, -0.05) is 0 Å². The molecule has 0 unspecified atom stereocenters. The first kappa shape index (κ1) is 14.5. The van der Waals surface area contributed by atoms with Gasteiger partial charge >= 0.3 is 0 Å². The van der Waals surface area contributed by atoms with Crippen molar-refractivity contribution in [1.82, 2.24) is 15.2 Å². The fourth-order valence-electron chi connectivity index (χ4n) is 2.57. The summed E-state index contributed by atoms with van der Waals surface area (Å²) in [5, 5.41) is 6.67. The molecule has 1 aliphatic rings. The Hall–Kier alpha value is -1.43. The molecule has 1 aliphatic heterocycles. The smallest absolute Gasteiger partial charge is 0.123 e. The minimum absolute atomic E-state index is 0.574. The predicted molar refractivity (Wildman–Crippen MR) is 86.8 cm³/mol. The van der Waals surface area contributed by atoms with Crippen molar-refractivity contribution in [3.63, 3.8) is 0 Å². The molecule has 4 nitrogen and oxygen atoms in total. The van der Waals surface area contributed by atoms with Gasteiger partial charge in [0.25, 0.3) is 0 Å². The number of rotatable bonds is 4. The van der Waals surface area contributed by atoms with Crippen molar-refractivity contribution < 1.29 is 4.74 Å². The van der Waals surface area contributed by atoms with Crippen LogP contribution in [0.2, 0.25) is 0 Å². The summed E-state index contributed by atoms with van der Waals surface area (Å²) in [6.45, 7) is 6.43. The number of aromatic nitrogens is 1. The molecule has 1 aromatic heterocycles. The topological polar surface area (TPSA) is 37.4 Å². The van der Waals surface area contributed by atoms with Crippen molar-refractivity contribution in [3.05, 3.63) is 35.3 Å². The quantitative estimate of drug-likeness (QED) is 0.942. The molecule has 0 spiro atoms. The number of benzene rings is 1. The number of piperazine rings is 1. The van der Waals surface area contributed by atoms with Crippen molar-refractivity contribution >= 4 is 11.3 Å². The summed E-state index contributed by atoms with van der Waals surface area (Å²) in [6, 6.07) is 8.66. The number of methoxy groups -OCH3 is 1. The van der Waals surface area contributed by atoms with E-state index in [1.165, 1.54) is 5.69 Å². The van der Waals surface area contributed by atoms with Gasteiger partial charge < -0.3 is 10.1 Å². The lowest BCUT2D eigenvalue weighted by Crippen LogP contribution is -2.49. The van der Waals surface area contributed by atoms with Crippen molar-refractivity contribution in [2.75, 3.05) is 26.7 Å². The van der Waals surface area contributed by atoms with Gasteiger partial charge in [-0.15, -0.1) is 11.3 Å². The Morgan fingerprint density at radius 1 is 1.38 bits per heavy atom. The van der Waals surface area contributed by atoms with E-state index in [4.69, 9.17) is 9.72 Å². The number of hydrogen-bond donors (Lipinski definition) is 1. The van der Waals surface area contributed by atoms with E-state index in [1.807, 2.05) is 12.1 Å². The van der Waals surface area contributed by atoms with E-state index >= 15 is 0 Å². The first-order valence-electron chi connectivity index (χ1n) is 7.30. The van der Waals surface area contributed by atoms with Crippen LogP contribution in [0.15, 0.2) is 29.6 Å². The van der Waals surface area contributed by atoms with Crippen LogP contribution < -0.4 is 10.1 Å². The Morgan fingerprint density at radius 3 is 2.90 bits per heavy atom. The van der Waals surface area contributed by atoms with Gasteiger partial charge in [-0.25, -0.2) is 4.98 Å². The minimum Gasteiger partial charge on any atom is -0.497 e. The molecule has 0 bridgehead atoms. The highest BCUT2D eigenvalue weighted by Gasteiger charge is 2.18. The van der Waals surface area contributed by atoms with Gasteiger partial charge in [0.2, 0.25) is 0 Å². The zero-order valence-electron chi connectivity index (χ0n) is 12.5. The van der Waals surface area contributed by atoms with Gasteiger partial charge in [0.05, 0.1) is 12.8 Å². The van der Waals surface area contributed by atoms with Gasteiger partial charge in [0.1, 0.15) is 10.8 Å². The summed E-state index contributed by atoms with van der Waals surface area (Å²) in [5.74, 6) is 0.880. The number of hydrogen-bond acceptors (Lipinski definition) is 5. The molecule has 2 aromatic rings. The normalized spacial score (nSPS) is 19.6. The molecule has 0 saturated carbocycles. The standard InChI is InChI=1S/C16H21N3OS/c1-12-9-17-7-8-19(12)10-14-11-21-16(18-14)13-3-5-15(20-2)6-4-13/h3-6,11-12,17H,7-10H2,1-2H3/t12-/m1/s1. The highest BCUT2D eigenvalue weighted by Crippen LogP contribution is 2.26. The molecule has 21 heavy (non-hydrogen) atoms. The Kier molecular flexibility index (Phi) is 4.53. The van der Waals surface area contributed by atoms with E-state index in [1.54, 1.807) is 18.4 Å². The first-order valence-corrected chi connectivity index (χ1v) is 8.18. The van der Waals surface area contributed by atoms with Crippen LogP contribution in [0.4, 0.5) is 0 Å². The second-order valence-electron chi connectivity index (χ2n) is 5.40. The second-order valence-corrected chi connectivity index (χ2v) is 6.25. The number of thiazole rings is 1. The minimum atomic E-state index is 0.574. The van der Waals surface area contributed by atoms with Crippen molar-refractivity contribution in [1.29, 1.82) is 0 Å². The molecule has 1 N–H and O–H groups in total. The zero-order chi connectivity index (χ0) is 14.7. The molecule has 5 heteroatoms. The molecule has 0 radical (unpaired) electrons. The maximum atomic E-state index is 5.19. The Morgan fingerprint density at radius 2 is 2.19 bits per heavy atom. The van der Waals surface area contributed by atoms with E-state index in [9.17, 15) is 0 Å². The fraction of sp³-hybridized carbons (Fsp3) is 0.438. The largest absolute Gasteiger partial charge is 0.497 e. The summed E-state index contributed by atoms with van der Waals surface area (Å²) in [5.41, 5.74) is 2.32. The lowest BCUT2D eigenvalue weighted by molar-refractivity contribution is 0.164. The SMILES string of the molecule is COc1ccc(-c2nc(CN3CCNC[C@H]3C)cs2)cc1. The summed E-state index contributed by atoms with van der Waals surface area (Å²) < 4.78 is 5.19. The molecule has 1 saturated heterocycles. The fourth-order valence-corrected chi connectivity index (χ4v) is 3.39. The van der Waals surface area contributed by atoms with Gasteiger partial charge in [-0.05, 0) is 31.2 Å². The van der Waals surface area contributed by atoms with Crippen molar-refractivity contribution in [3.8, 4) is 16.3 Å². The maximum absolute atomic E-state index is 5.19. The van der Waals surface area contributed by atoms with E-state index in [0.717, 1.165) is 42.5 Å². The number of nitrogens with one attached hydrogen (secondary N) is 1. The molecule has 112 valence electrons. The van der Waals surface area contributed by atoms with E-state index < -0.39 is 0 Å². The van der Waals surface area contributed by atoms with Crippen LogP contribution in [0.25, 0.3) is 10.6 Å². The second kappa shape index (κ2) is 6.56. The van der Waals surface area contributed by atoms with Gasteiger partial charge in [0, 0.05) is 43.2 Å². The van der Waals surface area contributed by atoms with Crippen LogP contribution in [0.5, 0.6) is 5.75 Å². The molecule has 3 rings (SSSR count). The number of nitrogens with zero attached hydrogens (tertiary/aromatic N) is 2. The molecule has 2 heterocycles. The summed E-state index contributed by atoms with van der Waals surface area (Å²) >= 11 is 1.71. The number of ether oxygens (including phenoxy) is 1. The predicted octanol–water partition coefficient (Wildman–Crippen LogP) is 2.61. The maximum Gasteiger partial charge on any atom is 0.123 e. The third kappa shape index (κ3) is 3.43. The molecule has 0 aliphatic carbocycles. The van der Waals surface area contributed by atoms with Crippen LogP contribution in [0.1, 0.15) is 12.6 Å². The summed E-state index contributed by atoms with van der Waals surface area (Å²) in [7, 11) is 1.69. The summed E-state index contributed by atoms with van der Waals surface area (Å²) in [4.78, 5) is 7.27. The zero-order valence-corrected chi connectivity index (χ0v) is 13.3. The molecular formula is C16H21N3OS. The lowest BCUT2D eigenvalue weighted by atomic mass is 10.2. The lowest BCUT2D eigenvalue weighted by Gasteiger charge is -2.33. The van der Waals surface area contributed by atoms with Crippen LogP contribution in [0.3, 0.4) is 0 Å². The summed E-state index contributed by atoms with van der Waals surface area (Å²) in [6.07, 6.45) is 0. The van der Waals surface area contributed by atoms with Gasteiger partial charge in [-0.3, -0.25) is 4.90 Å². The van der Waals surface area contributed by atoms with Crippen LogP contribution in [-0.2, 0) is 6.54 Å². The average Bonchev–Trinajstić information content (AvgIpc) is 2.98. The average molecular weight is 303 g/mol. The van der Waals surface area contributed by atoms with Gasteiger partial charge in [-0.2, -0.15) is 0 Å². The third-order valence-electron chi connectivity index (χ3n) is 3.89. The van der Waals surface area contributed by atoms with E-state index in [0.29, 0.717) is 6.04 Å². The third-order valence-corrected chi connectivity index (χ3v) is 4.83.